The molecular weight excluding hydrogens is 677 g/mol. The van der Waals surface area contributed by atoms with Crippen LogP contribution in [0, 0.1) is 0 Å². The summed E-state index contributed by atoms with van der Waals surface area (Å²) in [5.74, 6) is 0. The number of nitrogens with zero attached hydrogens (tertiary/aromatic N) is 2. The molecule has 0 saturated heterocycles. The van der Waals surface area contributed by atoms with Crippen LogP contribution in [0.15, 0.2) is 182 Å². The first kappa shape index (κ1) is 31.7. The number of rotatable bonds is 5. The Morgan fingerprint density at radius 2 is 1.04 bits per heavy atom. The fraction of sp³-hybridized carbons (Fsp3) is 0.111. The first-order valence-corrected chi connectivity index (χ1v) is 20.2. The zero-order valence-corrected chi connectivity index (χ0v) is 31.3. The molecule has 1 aromatic heterocycles. The van der Waals surface area contributed by atoms with Gasteiger partial charge in [-0.3, -0.25) is 0 Å². The van der Waals surface area contributed by atoms with Crippen LogP contribution >= 0.6 is 0 Å². The standard InChI is InChI=1S/C54H40N2/c1-4-15-36(16-5-1)37-25-29-40(30-26-37)55(39-17-6-2-7-18-39)41-31-27-38(28-32-41)45-35-47-52-51-43(21-14-22-46(51)54(47)33-12-3-13-34-54)42-19-8-10-23-48(42)56-49-24-11-9-20-44(49)50(45)53(52)56/h1-2,4-11,14-32,35H,3,12-13,33-34H2. The second-order valence-corrected chi connectivity index (χ2v) is 15.9. The van der Waals surface area contributed by atoms with Crippen molar-refractivity contribution in [2.75, 3.05) is 4.90 Å². The van der Waals surface area contributed by atoms with Crippen molar-refractivity contribution in [2.45, 2.75) is 37.5 Å². The highest BCUT2D eigenvalue weighted by molar-refractivity contribution is 6.23. The van der Waals surface area contributed by atoms with Crippen molar-refractivity contribution in [2.24, 2.45) is 0 Å². The van der Waals surface area contributed by atoms with Gasteiger partial charge in [0.25, 0.3) is 0 Å². The van der Waals surface area contributed by atoms with Gasteiger partial charge in [0.05, 0.1) is 16.7 Å². The van der Waals surface area contributed by atoms with Gasteiger partial charge in [0.1, 0.15) is 0 Å². The zero-order chi connectivity index (χ0) is 36.8. The molecule has 56 heavy (non-hydrogen) atoms. The third kappa shape index (κ3) is 4.44. The van der Waals surface area contributed by atoms with E-state index in [1.54, 1.807) is 5.56 Å². The Hall–Kier alpha value is -6.64. The molecule has 266 valence electrons. The van der Waals surface area contributed by atoms with Crippen LogP contribution in [0.4, 0.5) is 17.1 Å². The highest BCUT2D eigenvalue weighted by atomic mass is 15.1. The number of hydrogen-bond acceptors (Lipinski definition) is 1. The van der Waals surface area contributed by atoms with Crippen LogP contribution in [-0.2, 0) is 5.41 Å². The zero-order valence-electron chi connectivity index (χ0n) is 31.3. The fourth-order valence-electron chi connectivity index (χ4n) is 10.7. The summed E-state index contributed by atoms with van der Waals surface area (Å²) in [7, 11) is 0. The van der Waals surface area contributed by atoms with E-state index in [0.29, 0.717) is 0 Å². The van der Waals surface area contributed by atoms with Gasteiger partial charge in [-0.15, -0.1) is 0 Å². The van der Waals surface area contributed by atoms with Crippen LogP contribution in [0.1, 0.15) is 43.2 Å². The molecule has 9 aromatic rings. The first-order valence-electron chi connectivity index (χ1n) is 20.2. The lowest BCUT2D eigenvalue weighted by atomic mass is 9.67. The molecule has 0 unspecified atom stereocenters. The van der Waals surface area contributed by atoms with Crippen LogP contribution in [0.2, 0.25) is 0 Å². The summed E-state index contributed by atoms with van der Waals surface area (Å²) in [5.41, 5.74) is 21.1. The van der Waals surface area contributed by atoms with Gasteiger partial charge < -0.3 is 9.47 Å². The average Bonchev–Trinajstić information content (AvgIpc) is 3.70. The van der Waals surface area contributed by atoms with Crippen LogP contribution in [0.5, 0.6) is 0 Å². The Morgan fingerprint density at radius 3 is 1.80 bits per heavy atom. The molecule has 0 N–H and O–H groups in total. The molecule has 1 spiro atoms. The van der Waals surface area contributed by atoms with Crippen molar-refractivity contribution < 1.29 is 0 Å². The van der Waals surface area contributed by atoms with E-state index in [2.05, 4.69) is 191 Å². The lowest BCUT2D eigenvalue weighted by Crippen LogP contribution is -2.28. The molecular formula is C54H40N2. The molecule has 2 heterocycles. The Bertz CT molecular complexity index is 2970. The summed E-state index contributed by atoms with van der Waals surface area (Å²) in [4.78, 5) is 2.37. The van der Waals surface area contributed by atoms with Gasteiger partial charge in [-0.1, -0.05) is 147 Å². The second-order valence-electron chi connectivity index (χ2n) is 15.9. The van der Waals surface area contributed by atoms with Crippen LogP contribution in [-0.4, -0.2) is 4.57 Å². The van der Waals surface area contributed by atoms with Gasteiger partial charge in [0.2, 0.25) is 0 Å². The lowest BCUT2D eigenvalue weighted by Gasteiger charge is -2.36. The average molecular weight is 717 g/mol. The molecule has 0 amide bonds. The number of para-hydroxylation sites is 3. The minimum Gasteiger partial charge on any atom is -0.311 e. The van der Waals surface area contributed by atoms with Crippen LogP contribution in [0.3, 0.4) is 0 Å². The largest absolute Gasteiger partial charge is 0.311 e. The molecule has 2 aliphatic carbocycles. The molecule has 1 fully saturated rings. The number of benzene rings is 8. The van der Waals surface area contributed by atoms with Gasteiger partial charge in [0, 0.05) is 44.4 Å². The molecule has 1 aliphatic heterocycles. The molecule has 1 saturated carbocycles. The predicted octanol–water partition coefficient (Wildman–Crippen LogP) is 14.8. The Labute approximate surface area is 327 Å². The number of hydrogen-bond donors (Lipinski definition) is 0. The van der Waals surface area contributed by atoms with Gasteiger partial charge in [0.15, 0.2) is 0 Å². The fourth-order valence-corrected chi connectivity index (χ4v) is 10.7. The maximum Gasteiger partial charge on any atom is 0.0629 e. The number of anilines is 3. The minimum absolute atomic E-state index is 0.0331. The minimum atomic E-state index is 0.0331. The Balaban J connectivity index is 1.09. The van der Waals surface area contributed by atoms with Gasteiger partial charge in [-0.25, -0.2) is 0 Å². The number of aromatic nitrogens is 1. The SMILES string of the molecule is c1ccc(-c2ccc(N(c3ccccc3)c3ccc(-c4cc5c6c7c4c4ccccc4n7-c4ccccc4-c4cccc(c4-6)C54CCCCC4)cc3)cc2)cc1. The topological polar surface area (TPSA) is 8.17 Å². The monoisotopic (exact) mass is 716 g/mol. The van der Waals surface area contributed by atoms with E-state index >= 15 is 0 Å². The highest BCUT2D eigenvalue weighted by Crippen LogP contribution is 2.63. The Morgan fingerprint density at radius 1 is 0.429 bits per heavy atom. The summed E-state index contributed by atoms with van der Waals surface area (Å²) in [6.07, 6.45) is 6.27. The Kier molecular flexibility index (Phi) is 6.89. The molecule has 2 heteroatoms. The summed E-state index contributed by atoms with van der Waals surface area (Å²) < 4.78 is 2.61. The number of fused-ring (bicyclic) bond motifs is 8. The van der Waals surface area contributed by atoms with Crippen molar-refractivity contribution in [3.63, 3.8) is 0 Å². The van der Waals surface area contributed by atoms with E-state index in [-0.39, 0.29) is 5.41 Å². The van der Waals surface area contributed by atoms with E-state index < -0.39 is 0 Å². The van der Waals surface area contributed by atoms with Crippen LogP contribution < -0.4 is 4.90 Å². The highest BCUT2D eigenvalue weighted by Gasteiger charge is 2.47. The predicted molar refractivity (Wildman–Crippen MR) is 235 cm³/mol. The van der Waals surface area contributed by atoms with Gasteiger partial charge in [-0.05, 0) is 112 Å². The summed E-state index contributed by atoms with van der Waals surface area (Å²) in [6.45, 7) is 0. The van der Waals surface area contributed by atoms with E-state index in [1.807, 2.05) is 0 Å². The molecule has 0 radical (unpaired) electrons. The normalized spacial score (nSPS) is 14.6. The lowest BCUT2D eigenvalue weighted by molar-refractivity contribution is 0.353. The molecule has 3 aliphatic rings. The van der Waals surface area contributed by atoms with E-state index in [9.17, 15) is 0 Å². The van der Waals surface area contributed by atoms with Crippen molar-refractivity contribution in [3.8, 4) is 50.2 Å². The molecule has 2 nitrogen and oxygen atoms in total. The quantitative estimate of drug-likeness (QED) is 0.172. The maximum absolute atomic E-state index is 2.63. The van der Waals surface area contributed by atoms with Crippen LogP contribution in [0.25, 0.3) is 72.0 Å². The molecule has 12 rings (SSSR count). The van der Waals surface area contributed by atoms with E-state index in [1.165, 1.54) is 110 Å². The summed E-state index contributed by atoms with van der Waals surface area (Å²) in [6, 6.07) is 67.7. The van der Waals surface area contributed by atoms with Crippen molar-refractivity contribution >= 4 is 38.9 Å². The van der Waals surface area contributed by atoms with Crippen molar-refractivity contribution in [1.82, 2.24) is 4.57 Å². The molecule has 8 aromatic carbocycles. The van der Waals surface area contributed by atoms with E-state index in [4.69, 9.17) is 0 Å². The maximum atomic E-state index is 2.63. The summed E-state index contributed by atoms with van der Waals surface area (Å²) in [5, 5.41) is 2.67. The first-order chi connectivity index (χ1) is 27.8. The van der Waals surface area contributed by atoms with Crippen molar-refractivity contribution in [1.29, 1.82) is 0 Å². The smallest absolute Gasteiger partial charge is 0.0629 e. The molecule has 0 atom stereocenters. The van der Waals surface area contributed by atoms with Gasteiger partial charge in [-0.2, -0.15) is 0 Å². The summed E-state index contributed by atoms with van der Waals surface area (Å²) >= 11 is 0. The molecule has 0 bridgehead atoms. The van der Waals surface area contributed by atoms with Gasteiger partial charge >= 0.3 is 0 Å². The van der Waals surface area contributed by atoms with E-state index in [0.717, 1.165) is 17.1 Å². The van der Waals surface area contributed by atoms with Crippen molar-refractivity contribution in [3.05, 3.63) is 193 Å². The third-order valence-electron chi connectivity index (χ3n) is 13.1. The second kappa shape index (κ2) is 12.2. The third-order valence-corrected chi connectivity index (χ3v) is 13.1.